The molecule has 2 radical (unpaired) electrons. The molecular formula is C6H11ClO3Pb. The first kappa shape index (κ1) is 13.9. The predicted molar refractivity (Wildman–Crippen MR) is 45.5 cm³/mol. The van der Waals surface area contributed by atoms with E-state index in [1.165, 1.54) is 0 Å². The molecule has 0 aromatic heterocycles. The van der Waals surface area contributed by atoms with Gasteiger partial charge in [-0.05, 0) is 6.92 Å². The Morgan fingerprint density at radius 1 is 1.45 bits per heavy atom. The van der Waals surface area contributed by atoms with Crippen molar-refractivity contribution >= 4 is 50.7 Å². The number of rotatable bonds is 4. The van der Waals surface area contributed by atoms with E-state index < -0.39 is 5.97 Å². The molecule has 5 heteroatoms. The number of hydrogen-bond acceptors (Lipinski definition) is 3. The van der Waals surface area contributed by atoms with Crippen molar-refractivity contribution in [1.29, 1.82) is 0 Å². The van der Waals surface area contributed by atoms with Crippen molar-refractivity contribution in [3.63, 3.8) is 0 Å². The van der Waals surface area contributed by atoms with Crippen LogP contribution in [0.5, 0.6) is 0 Å². The van der Waals surface area contributed by atoms with E-state index in [1.807, 2.05) is 0 Å². The average Bonchev–Trinajstić information content (AvgIpc) is 1.88. The summed E-state index contributed by atoms with van der Waals surface area (Å²) in [5.41, 5.74) is 0. The van der Waals surface area contributed by atoms with Gasteiger partial charge in [0.25, 0.3) is 0 Å². The number of carbonyl (C=O) groups is 2. The van der Waals surface area contributed by atoms with Crippen LogP contribution < -0.4 is 0 Å². The molecule has 0 heterocycles. The first-order valence-electron chi connectivity index (χ1n) is 2.94. The second-order valence-electron chi connectivity index (χ2n) is 1.65. The summed E-state index contributed by atoms with van der Waals surface area (Å²) in [6.07, 6.45) is -0.211. The van der Waals surface area contributed by atoms with Gasteiger partial charge >= 0.3 is 33.3 Å². The van der Waals surface area contributed by atoms with Crippen molar-refractivity contribution in [3.05, 3.63) is 0 Å². The van der Waals surface area contributed by atoms with Crippen LogP contribution in [0.3, 0.4) is 0 Å². The molecule has 0 atom stereocenters. The Kier molecular flexibility index (Phi) is 10.7. The molecule has 0 aromatic rings. The first-order chi connectivity index (χ1) is 4.70. The van der Waals surface area contributed by atoms with Gasteiger partial charge in [-0.3, -0.25) is 9.59 Å². The monoisotopic (exact) mass is 374 g/mol. The topological polar surface area (TPSA) is 43.4 Å². The Hall–Kier alpha value is 0.352. The van der Waals surface area contributed by atoms with Crippen molar-refractivity contribution in [2.75, 3.05) is 12.5 Å². The molecule has 0 amide bonds. The zero-order valence-electron chi connectivity index (χ0n) is 6.43. The van der Waals surface area contributed by atoms with E-state index in [1.54, 1.807) is 6.92 Å². The molecule has 0 aromatic carbocycles. The number of carbonyl (C=O) groups excluding carboxylic acids is 2. The van der Waals surface area contributed by atoms with Crippen LogP contribution in [0.4, 0.5) is 0 Å². The molecule has 0 bridgehead atoms. The van der Waals surface area contributed by atoms with E-state index in [0.29, 0.717) is 6.61 Å². The molecule has 0 saturated heterocycles. The zero-order chi connectivity index (χ0) is 7.98. The van der Waals surface area contributed by atoms with Gasteiger partial charge in [0, 0.05) is 0 Å². The van der Waals surface area contributed by atoms with Crippen molar-refractivity contribution in [1.82, 2.24) is 0 Å². The summed E-state index contributed by atoms with van der Waals surface area (Å²) in [4.78, 5) is 21.0. The molecule has 64 valence electrons. The summed E-state index contributed by atoms with van der Waals surface area (Å²) in [6, 6.07) is 0. The van der Waals surface area contributed by atoms with Crippen LogP contribution in [0.1, 0.15) is 13.3 Å². The van der Waals surface area contributed by atoms with Gasteiger partial charge in [-0.1, -0.05) is 0 Å². The van der Waals surface area contributed by atoms with E-state index >= 15 is 0 Å². The zero-order valence-corrected chi connectivity index (χ0v) is 12.7. The SMILES string of the molecule is CCOC(=O)CC(=O)CCl.[PbH2]. The molecular weight excluding hydrogens is 363 g/mol. The van der Waals surface area contributed by atoms with Gasteiger partial charge in [0.2, 0.25) is 0 Å². The number of alkyl halides is 1. The van der Waals surface area contributed by atoms with Gasteiger partial charge in [-0.15, -0.1) is 11.6 Å². The molecule has 0 saturated carbocycles. The van der Waals surface area contributed by atoms with Crippen LogP contribution in [-0.2, 0) is 14.3 Å². The minimum atomic E-state index is -0.506. The third-order valence-corrected chi connectivity index (χ3v) is 1.09. The van der Waals surface area contributed by atoms with Crippen LogP contribution in [0, 0.1) is 0 Å². The van der Waals surface area contributed by atoms with Gasteiger partial charge in [0.15, 0.2) is 5.78 Å². The molecule has 11 heavy (non-hydrogen) atoms. The van der Waals surface area contributed by atoms with Crippen molar-refractivity contribution in [2.24, 2.45) is 0 Å². The third-order valence-electron chi connectivity index (χ3n) is 0.796. The Morgan fingerprint density at radius 3 is 2.36 bits per heavy atom. The summed E-state index contributed by atoms with van der Waals surface area (Å²) < 4.78 is 4.50. The predicted octanol–water partition coefficient (Wildman–Crippen LogP) is -0.169. The van der Waals surface area contributed by atoms with Gasteiger partial charge in [0.05, 0.1) is 12.5 Å². The van der Waals surface area contributed by atoms with E-state index in [4.69, 9.17) is 11.6 Å². The normalized spacial score (nSPS) is 8.18. The molecule has 0 aliphatic carbocycles. The molecule has 0 spiro atoms. The molecule has 0 unspecified atom stereocenters. The number of halogens is 1. The summed E-state index contributed by atoms with van der Waals surface area (Å²) in [6.45, 7) is 1.98. The Bertz CT molecular complexity index is 138. The second kappa shape index (κ2) is 8.45. The summed E-state index contributed by atoms with van der Waals surface area (Å²) in [5, 5.41) is 0. The quantitative estimate of drug-likeness (QED) is 0.297. The second-order valence-corrected chi connectivity index (χ2v) is 1.92. The maximum atomic E-state index is 10.5. The molecule has 3 nitrogen and oxygen atoms in total. The number of Topliss-reactive ketones (excluding diaryl/α,β-unsaturated/α-hetero) is 1. The average molecular weight is 374 g/mol. The van der Waals surface area contributed by atoms with Gasteiger partial charge in [0.1, 0.15) is 6.42 Å². The molecule has 0 N–H and O–H groups in total. The Balaban J connectivity index is 0. The Labute approximate surface area is 90.6 Å². The van der Waals surface area contributed by atoms with Crippen molar-refractivity contribution < 1.29 is 14.3 Å². The van der Waals surface area contributed by atoms with E-state index in [0.717, 1.165) is 0 Å². The summed E-state index contributed by atoms with van der Waals surface area (Å²) in [7, 11) is 0. The van der Waals surface area contributed by atoms with Crippen LogP contribution in [0.25, 0.3) is 0 Å². The van der Waals surface area contributed by atoms with Crippen molar-refractivity contribution in [2.45, 2.75) is 13.3 Å². The fourth-order valence-electron chi connectivity index (χ4n) is 0.420. The Morgan fingerprint density at radius 2 is 2.00 bits per heavy atom. The fraction of sp³-hybridized carbons (Fsp3) is 0.667. The van der Waals surface area contributed by atoms with Crippen molar-refractivity contribution in [3.8, 4) is 0 Å². The van der Waals surface area contributed by atoms with E-state index in [9.17, 15) is 9.59 Å². The molecule has 0 aliphatic heterocycles. The van der Waals surface area contributed by atoms with Crippen LogP contribution in [0.2, 0.25) is 0 Å². The summed E-state index contributed by atoms with van der Waals surface area (Å²) >= 11 is 5.14. The van der Waals surface area contributed by atoms with Crippen LogP contribution >= 0.6 is 11.6 Å². The standard InChI is InChI=1S/C6H9ClO3.Pb.2H/c1-2-10-6(9)3-5(8)4-7;;;/h2-4H2,1H3;;;. The first-order valence-corrected chi connectivity index (χ1v) is 3.47. The van der Waals surface area contributed by atoms with Crippen LogP contribution in [-0.4, -0.2) is 51.5 Å². The summed E-state index contributed by atoms with van der Waals surface area (Å²) in [5.74, 6) is -0.938. The molecule has 0 rings (SSSR count). The fourth-order valence-corrected chi connectivity index (χ4v) is 0.515. The van der Waals surface area contributed by atoms with Gasteiger partial charge < -0.3 is 4.74 Å². The molecule has 0 fully saturated rings. The van der Waals surface area contributed by atoms with Gasteiger partial charge in [-0.25, -0.2) is 0 Å². The minimum absolute atomic E-state index is 0. The molecule has 0 aliphatic rings. The van der Waals surface area contributed by atoms with Crippen LogP contribution in [0.15, 0.2) is 0 Å². The van der Waals surface area contributed by atoms with E-state index in [-0.39, 0.29) is 45.4 Å². The number of esters is 1. The van der Waals surface area contributed by atoms with Gasteiger partial charge in [-0.2, -0.15) is 0 Å². The maximum absolute atomic E-state index is 10.5. The number of hydrogen-bond donors (Lipinski definition) is 0. The third kappa shape index (κ3) is 8.26. The number of ether oxygens (including phenoxy) is 1. The van der Waals surface area contributed by atoms with E-state index in [2.05, 4.69) is 4.74 Å². The number of ketones is 1.